The zero-order chi connectivity index (χ0) is 20.6. The molecule has 0 bridgehead atoms. The number of piperazine rings is 1. The summed E-state index contributed by atoms with van der Waals surface area (Å²) >= 11 is 2.38. The maximum absolute atomic E-state index is 6.16. The zero-order valence-corrected chi connectivity index (χ0v) is 19.3. The first-order valence-electron chi connectivity index (χ1n) is 10.5. The van der Waals surface area contributed by atoms with E-state index in [9.17, 15) is 0 Å². The standard InChI is InChI=1S/C25H28IN3O/c26-22-10-4-5-11-23(22)27-14-15-28-16-18-29(19-17-28)24-12-6-7-13-25(24)30-20-21-8-2-1-3-9-21/h1-13,27H,14-20H2. The second kappa shape index (κ2) is 10.7. The summed E-state index contributed by atoms with van der Waals surface area (Å²) in [4.78, 5) is 4.98. The fraction of sp³-hybridized carbons (Fsp3) is 0.280. The van der Waals surface area contributed by atoms with E-state index in [0.29, 0.717) is 6.61 Å². The third-order valence-corrected chi connectivity index (χ3v) is 6.37. The van der Waals surface area contributed by atoms with Gasteiger partial charge in [-0.1, -0.05) is 54.6 Å². The van der Waals surface area contributed by atoms with Crippen LogP contribution in [0.4, 0.5) is 11.4 Å². The van der Waals surface area contributed by atoms with Gasteiger partial charge in [0.15, 0.2) is 0 Å². The number of rotatable bonds is 8. The van der Waals surface area contributed by atoms with E-state index in [1.807, 2.05) is 6.07 Å². The summed E-state index contributed by atoms with van der Waals surface area (Å²) in [5, 5.41) is 3.56. The zero-order valence-electron chi connectivity index (χ0n) is 17.1. The number of anilines is 2. The number of hydrogen-bond donors (Lipinski definition) is 1. The van der Waals surface area contributed by atoms with E-state index >= 15 is 0 Å². The summed E-state index contributed by atoms with van der Waals surface area (Å²) in [5.41, 5.74) is 3.61. The number of benzene rings is 3. The highest BCUT2D eigenvalue weighted by Gasteiger charge is 2.19. The van der Waals surface area contributed by atoms with E-state index in [1.54, 1.807) is 0 Å². The molecule has 156 valence electrons. The molecule has 0 aliphatic carbocycles. The van der Waals surface area contributed by atoms with Crippen LogP contribution in [0.15, 0.2) is 78.9 Å². The maximum atomic E-state index is 6.16. The van der Waals surface area contributed by atoms with E-state index in [2.05, 4.69) is 111 Å². The highest BCUT2D eigenvalue weighted by Crippen LogP contribution is 2.29. The molecule has 1 saturated heterocycles. The van der Waals surface area contributed by atoms with Gasteiger partial charge >= 0.3 is 0 Å². The number of ether oxygens (including phenoxy) is 1. The van der Waals surface area contributed by atoms with Gasteiger partial charge in [-0.2, -0.15) is 0 Å². The van der Waals surface area contributed by atoms with E-state index in [0.717, 1.165) is 45.0 Å². The Labute approximate surface area is 193 Å². The van der Waals surface area contributed by atoms with Crippen LogP contribution in [-0.2, 0) is 6.61 Å². The summed E-state index contributed by atoms with van der Waals surface area (Å²) in [7, 11) is 0. The molecule has 3 aromatic carbocycles. The molecule has 1 aliphatic rings. The van der Waals surface area contributed by atoms with Gasteiger partial charge < -0.3 is 15.0 Å². The van der Waals surface area contributed by atoms with Crippen molar-refractivity contribution in [3.05, 3.63) is 88.0 Å². The van der Waals surface area contributed by atoms with Gasteiger partial charge in [0.1, 0.15) is 12.4 Å². The molecule has 0 aromatic heterocycles. The smallest absolute Gasteiger partial charge is 0.143 e. The van der Waals surface area contributed by atoms with Crippen molar-refractivity contribution >= 4 is 34.0 Å². The van der Waals surface area contributed by atoms with Gasteiger partial charge in [0.05, 0.1) is 5.69 Å². The Morgan fingerprint density at radius 3 is 2.30 bits per heavy atom. The predicted molar refractivity (Wildman–Crippen MR) is 134 cm³/mol. The van der Waals surface area contributed by atoms with Crippen LogP contribution in [0.3, 0.4) is 0 Å². The molecule has 0 saturated carbocycles. The van der Waals surface area contributed by atoms with Gasteiger partial charge in [-0.3, -0.25) is 4.90 Å². The average molecular weight is 513 g/mol. The molecule has 0 amide bonds. The summed E-state index contributed by atoms with van der Waals surface area (Å²) in [6.45, 7) is 6.81. The summed E-state index contributed by atoms with van der Waals surface area (Å²) in [6.07, 6.45) is 0. The number of nitrogens with one attached hydrogen (secondary N) is 1. The summed E-state index contributed by atoms with van der Waals surface area (Å²) in [5.74, 6) is 0.968. The molecule has 4 nitrogen and oxygen atoms in total. The molecule has 0 radical (unpaired) electrons. The largest absolute Gasteiger partial charge is 0.487 e. The first kappa shape index (κ1) is 21.0. The highest BCUT2D eigenvalue weighted by atomic mass is 127. The second-order valence-electron chi connectivity index (χ2n) is 7.48. The Morgan fingerprint density at radius 1 is 0.800 bits per heavy atom. The Hall–Kier alpha value is -2.25. The van der Waals surface area contributed by atoms with E-state index in [-0.39, 0.29) is 0 Å². The van der Waals surface area contributed by atoms with Crippen molar-refractivity contribution in [1.82, 2.24) is 4.90 Å². The molecule has 3 aromatic rings. The first-order valence-corrected chi connectivity index (χ1v) is 11.6. The van der Waals surface area contributed by atoms with Crippen LogP contribution in [0.5, 0.6) is 5.75 Å². The Bertz CT molecular complexity index is 926. The highest BCUT2D eigenvalue weighted by molar-refractivity contribution is 14.1. The SMILES string of the molecule is Ic1ccccc1NCCN1CCN(c2ccccc2OCc2ccccc2)CC1. The van der Waals surface area contributed by atoms with E-state index < -0.39 is 0 Å². The molecular weight excluding hydrogens is 485 g/mol. The van der Waals surface area contributed by atoms with Crippen LogP contribution in [-0.4, -0.2) is 44.2 Å². The van der Waals surface area contributed by atoms with Crippen molar-refractivity contribution in [1.29, 1.82) is 0 Å². The second-order valence-corrected chi connectivity index (χ2v) is 8.64. The molecule has 1 aliphatic heterocycles. The summed E-state index contributed by atoms with van der Waals surface area (Å²) in [6, 6.07) is 27.2. The lowest BCUT2D eigenvalue weighted by Crippen LogP contribution is -2.47. The molecule has 0 unspecified atom stereocenters. The van der Waals surface area contributed by atoms with Gasteiger partial charge in [-0.05, 0) is 52.4 Å². The van der Waals surface area contributed by atoms with Crippen molar-refractivity contribution in [3.8, 4) is 5.75 Å². The van der Waals surface area contributed by atoms with Crippen LogP contribution >= 0.6 is 22.6 Å². The van der Waals surface area contributed by atoms with Crippen molar-refractivity contribution in [2.45, 2.75) is 6.61 Å². The van der Waals surface area contributed by atoms with Crippen LogP contribution in [0, 0.1) is 3.57 Å². The van der Waals surface area contributed by atoms with Crippen molar-refractivity contribution in [2.24, 2.45) is 0 Å². The molecule has 1 heterocycles. The van der Waals surface area contributed by atoms with E-state index in [4.69, 9.17) is 4.74 Å². The van der Waals surface area contributed by atoms with Crippen LogP contribution in [0.2, 0.25) is 0 Å². The lowest BCUT2D eigenvalue weighted by Gasteiger charge is -2.36. The molecular formula is C25H28IN3O. The lowest BCUT2D eigenvalue weighted by atomic mass is 10.2. The minimum Gasteiger partial charge on any atom is -0.487 e. The van der Waals surface area contributed by atoms with Crippen molar-refractivity contribution in [3.63, 3.8) is 0 Å². The first-order chi connectivity index (χ1) is 14.8. The fourth-order valence-electron chi connectivity index (χ4n) is 3.74. The van der Waals surface area contributed by atoms with Gasteiger partial charge in [-0.25, -0.2) is 0 Å². The van der Waals surface area contributed by atoms with Crippen molar-refractivity contribution in [2.75, 3.05) is 49.5 Å². The molecule has 1 N–H and O–H groups in total. The molecule has 30 heavy (non-hydrogen) atoms. The third kappa shape index (κ3) is 5.67. The number of halogens is 1. The molecule has 5 heteroatoms. The topological polar surface area (TPSA) is 27.7 Å². The monoisotopic (exact) mass is 513 g/mol. The molecule has 1 fully saturated rings. The Morgan fingerprint density at radius 2 is 1.50 bits per heavy atom. The van der Waals surface area contributed by atoms with Crippen LogP contribution < -0.4 is 15.0 Å². The van der Waals surface area contributed by atoms with Gasteiger partial charge in [-0.15, -0.1) is 0 Å². The van der Waals surface area contributed by atoms with Crippen LogP contribution in [0.25, 0.3) is 0 Å². The average Bonchev–Trinajstić information content (AvgIpc) is 2.80. The maximum Gasteiger partial charge on any atom is 0.143 e. The number of nitrogens with zero attached hydrogens (tertiary/aromatic N) is 2. The van der Waals surface area contributed by atoms with Gasteiger partial charge in [0.2, 0.25) is 0 Å². The minimum atomic E-state index is 0.599. The predicted octanol–water partition coefficient (Wildman–Crippen LogP) is 5.10. The third-order valence-electron chi connectivity index (χ3n) is 5.43. The van der Waals surface area contributed by atoms with E-state index in [1.165, 1.54) is 20.5 Å². The fourth-order valence-corrected chi connectivity index (χ4v) is 4.32. The van der Waals surface area contributed by atoms with Gasteiger partial charge in [0.25, 0.3) is 0 Å². The number of hydrogen-bond acceptors (Lipinski definition) is 4. The summed E-state index contributed by atoms with van der Waals surface area (Å²) < 4.78 is 7.43. The molecule has 0 spiro atoms. The lowest BCUT2D eigenvalue weighted by molar-refractivity contribution is 0.264. The Balaban J connectivity index is 1.27. The minimum absolute atomic E-state index is 0.599. The van der Waals surface area contributed by atoms with Crippen molar-refractivity contribution < 1.29 is 4.74 Å². The Kier molecular flexibility index (Phi) is 7.48. The quantitative estimate of drug-likeness (QED) is 0.424. The van der Waals surface area contributed by atoms with Gasteiger partial charge in [0, 0.05) is 48.5 Å². The molecule has 4 rings (SSSR count). The molecule has 0 atom stereocenters. The van der Waals surface area contributed by atoms with Crippen LogP contribution in [0.1, 0.15) is 5.56 Å². The normalized spacial score (nSPS) is 14.5. The number of para-hydroxylation sites is 3.